The number of rotatable bonds is 2. The van der Waals surface area contributed by atoms with Crippen LogP contribution in [0.2, 0.25) is 0 Å². The Morgan fingerprint density at radius 3 is 3.00 bits per heavy atom. The Hall–Kier alpha value is -1.01. The van der Waals surface area contributed by atoms with Gasteiger partial charge in [0.25, 0.3) is 0 Å². The van der Waals surface area contributed by atoms with Gasteiger partial charge in [-0.05, 0) is 32.4 Å². The van der Waals surface area contributed by atoms with Gasteiger partial charge in [0.2, 0.25) is 0 Å². The number of aromatic amines is 1. The predicted octanol–water partition coefficient (Wildman–Crippen LogP) is -0.140. The van der Waals surface area contributed by atoms with Crippen LogP contribution in [-0.2, 0) is 5.54 Å². The van der Waals surface area contributed by atoms with Gasteiger partial charge in [-0.15, -0.1) is 10.2 Å². The van der Waals surface area contributed by atoms with E-state index < -0.39 is 5.54 Å². The van der Waals surface area contributed by atoms with Crippen molar-refractivity contribution in [2.24, 2.45) is 5.73 Å². The number of H-pyrrole nitrogens is 1. The quantitative estimate of drug-likeness (QED) is 0.709. The van der Waals surface area contributed by atoms with E-state index in [4.69, 9.17) is 5.73 Å². The molecule has 3 N–H and O–H groups in total. The van der Waals surface area contributed by atoms with E-state index in [2.05, 4.69) is 32.4 Å². The second-order valence-corrected chi connectivity index (χ2v) is 4.18. The van der Waals surface area contributed by atoms with Crippen LogP contribution in [0.1, 0.15) is 32.0 Å². The Kier molecular flexibility index (Phi) is 2.97. The molecule has 6 nitrogen and oxygen atoms in total. The summed E-state index contributed by atoms with van der Waals surface area (Å²) in [6.45, 7) is 5.40. The molecule has 0 saturated carbocycles. The largest absolute Gasteiger partial charge is 0.319 e. The summed E-state index contributed by atoms with van der Waals surface area (Å²) in [4.78, 5) is 2.41. The van der Waals surface area contributed by atoms with Crippen molar-refractivity contribution in [3.05, 3.63) is 5.82 Å². The summed E-state index contributed by atoms with van der Waals surface area (Å²) < 4.78 is 0. The van der Waals surface area contributed by atoms with Gasteiger partial charge in [0.05, 0.1) is 5.54 Å². The third-order valence-corrected chi connectivity index (χ3v) is 3.21. The highest BCUT2D eigenvalue weighted by molar-refractivity contribution is 5.02. The van der Waals surface area contributed by atoms with Crippen molar-refractivity contribution < 1.29 is 0 Å². The molecule has 1 aliphatic heterocycles. The Labute approximate surface area is 89.2 Å². The molecule has 0 spiro atoms. The zero-order valence-corrected chi connectivity index (χ0v) is 9.11. The molecule has 2 heterocycles. The molecule has 1 fully saturated rings. The van der Waals surface area contributed by atoms with Gasteiger partial charge in [-0.25, -0.2) is 0 Å². The van der Waals surface area contributed by atoms with Crippen LogP contribution < -0.4 is 5.73 Å². The summed E-state index contributed by atoms with van der Waals surface area (Å²) >= 11 is 0. The van der Waals surface area contributed by atoms with Crippen LogP contribution in [0.3, 0.4) is 0 Å². The molecule has 1 aromatic rings. The van der Waals surface area contributed by atoms with Gasteiger partial charge in [0, 0.05) is 6.54 Å². The van der Waals surface area contributed by atoms with E-state index in [1.165, 1.54) is 0 Å². The Morgan fingerprint density at radius 1 is 1.47 bits per heavy atom. The van der Waals surface area contributed by atoms with E-state index in [-0.39, 0.29) is 0 Å². The predicted molar refractivity (Wildman–Crippen MR) is 56.0 cm³/mol. The lowest BCUT2D eigenvalue weighted by Crippen LogP contribution is -2.39. The van der Waals surface area contributed by atoms with Crippen molar-refractivity contribution in [3.8, 4) is 0 Å². The van der Waals surface area contributed by atoms with Gasteiger partial charge in [-0.3, -0.25) is 0 Å². The monoisotopic (exact) mass is 210 g/mol. The fourth-order valence-corrected chi connectivity index (χ4v) is 2.13. The minimum atomic E-state index is -0.392. The maximum Gasteiger partial charge on any atom is 0.194 e. The summed E-state index contributed by atoms with van der Waals surface area (Å²) in [5, 5.41) is 14.1. The van der Waals surface area contributed by atoms with Crippen LogP contribution in [-0.4, -0.2) is 45.2 Å². The lowest BCUT2D eigenvalue weighted by molar-refractivity contribution is 0.286. The Balaban J connectivity index is 2.09. The van der Waals surface area contributed by atoms with Gasteiger partial charge in [0.1, 0.15) is 0 Å². The highest BCUT2D eigenvalue weighted by atomic mass is 15.5. The van der Waals surface area contributed by atoms with E-state index in [0.717, 1.165) is 38.9 Å². The van der Waals surface area contributed by atoms with E-state index in [1.807, 2.05) is 0 Å². The lowest BCUT2D eigenvalue weighted by Gasteiger charge is -2.24. The van der Waals surface area contributed by atoms with Crippen LogP contribution in [0.25, 0.3) is 0 Å². The molecule has 84 valence electrons. The minimum absolute atomic E-state index is 0.392. The number of tetrazole rings is 1. The van der Waals surface area contributed by atoms with Crippen molar-refractivity contribution in [2.75, 3.05) is 19.6 Å². The van der Waals surface area contributed by atoms with Crippen molar-refractivity contribution in [1.82, 2.24) is 25.5 Å². The summed E-state index contributed by atoms with van der Waals surface area (Å²) in [5.41, 5.74) is 5.94. The fourth-order valence-electron chi connectivity index (χ4n) is 2.13. The van der Waals surface area contributed by atoms with E-state index in [0.29, 0.717) is 5.82 Å². The minimum Gasteiger partial charge on any atom is -0.319 e. The van der Waals surface area contributed by atoms with Gasteiger partial charge in [-0.1, -0.05) is 12.1 Å². The van der Waals surface area contributed by atoms with Crippen molar-refractivity contribution >= 4 is 0 Å². The molecule has 0 bridgehead atoms. The first kappa shape index (κ1) is 10.5. The maximum absolute atomic E-state index is 6.33. The standard InChI is InChI=1S/C9H18N6/c1-2-15-6-3-4-9(10,5-7-15)8-11-13-14-12-8/h2-7,10H2,1H3,(H,11,12,13,14). The van der Waals surface area contributed by atoms with Crippen LogP contribution in [0, 0.1) is 0 Å². The molecule has 0 amide bonds. The van der Waals surface area contributed by atoms with Crippen molar-refractivity contribution in [2.45, 2.75) is 31.7 Å². The summed E-state index contributed by atoms with van der Waals surface area (Å²) in [6, 6.07) is 0. The number of nitrogens with one attached hydrogen (secondary N) is 1. The number of nitrogens with zero attached hydrogens (tertiary/aromatic N) is 4. The van der Waals surface area contributed by atoms with E-state index >= 15 is 0 Å². The molecule has 6 heteroatoms. The van der Waals surface area contributed by atoms with Crippen LogP contribution >= 0.6 is 0 Å². The third kappa shape index (κ3) is 2.15. The molecular weight excluding hydrogens is 192 g/mol. The topological polar surface area (TPSA) is 83.7 Å². The van der Waals surface area contributed by atoms with E-state index in [1.54, 1.807) is 0 Å². The maximum atomic E-state index is 6.33. The Morgan fingerprint density at radius 2 is 2.33 bits per heavy atom. The van der Waals surface area contributed by atoms with Crippen LogP contribution in [0.15, 0.2) is 0 Å². The third-order valence-electron chi connectivity index (χ3n) is 3.21. The molecular formula is C9H18N6. The van der Waals surface area contributed by atoms with Gasteiger partial charge < -0.3 is 10.6 Å². The van der Waals surface area contributed by atoms with Crippen LogP contribution in [0.4, 0.5) is 0 Å². The first-order chi connectivity index (χ1) is 7.24. The Bertz CT molecular complexity index is 298. The lowest BCUT2D eigenvalue weighted by atomic mass is 9.91. The molecule has 1 aromatic heterocycles. The fraction of sp³-hybridized carbons (Fsp3) is 0.889. The SMILES string of the molecule is CCN1CCCC(N)(c2nn[nH]n2)CC1. The normalized spacial score (nSPS) is 28.9. The molecule has 15 heavy (non-hydrogen) atoms. The molecule has 0 aromatic carbocycles. The highest BCUT2D eigenvalue weighted by Crippen LogP contribution is 2.27. The highest BCUT2D eigenvalue weighted by Gasteiger charge is 2.33. The molecule has 1 aliphatic rings. The van der Waals surface area contributed by atoms with E-state index in [9.17, 15) is 0 Å². The molecule has 0 aliphatic carbocycles. The molecule has 0 radical (unpaired) electrons. The zero-order valence-electron chi connectivity index (χ0n) is 9.11. The van der Waals surface area contributed by atoms with Gasteiger partial charge in [0.15, 0.2) is 5.82 Å². The number of likely N-dealkylation sites (tertiary alicyclic amines) is 1. The first-order valence-electron chi connectivity index (χ1n) is 5.50. The van der Waals surface area contributed by atoms with Crippen molar-refractivity contribution in [1.29, 1.82) is 0 Å². The summed E-state index contributed by atoms with van der Waals surface area (Å²) in [7, 11) is 0. The summed E-state index contributed by atoms with van der Waals surface area (Å²) in [5.74, 6) is 0.653. The smallest absolute Gasteiger partial charge is 0.194 e. The number of nitrogens with two attached hydrogens (primary N) is 1. The average molecular weight is 210 g/mol. The number of hydrogen-bond donors (Lipinski definition) is 2. The molecule has 1 saturated heterocycles. The first-order valence-corrected chi connectivity index (χ1v) is 5.50. The van der Waals surface area contributed by atoms with Gasteiger partial charge in [-0.2, -0.15) is 5.21 Å². The molecule has 1 atom stereocenters. The number of aromatic nitrogens is 4. The summed E-state index contributed by atoms with van der Waals surface area (Å²) in [6.07, 6.45) is 2.93. The number of hydrogen-bond acceptors (Lipinski definition) is 5. The average Bonchev–Trinajstić information content (AvgIpc) is 2.71. The zero-order chi connectivity index (χ0) is 10.7. The van der Waals surface area contributed by atoms with Crippen molar-refractivity contribution in [3.63, 3.8) is 0 Å². The molecule has 2 rings (SSSR count). The van der Waals surface area contributed by atoms with Crippen LogP contribution in [0.5, 0.6) is 0 Å². The second kappa shape index (κ2) is 4.24. The van der Waals surface area contributed by atoms with Gasteiger partial charge >= 0.3 is 0 Å². The molecule has 1 unspecified atom stereocenters. The second-order valence-electron chi connectivity index (χ2n) is 4.18.